The summed E-state index contributed by atoms with van der Waals surface area (Å²) >= 11 is 0. The summed E-state index contributed by atoms with van der Waals surface area (Å²) in [5.41, 5.74) is 0. The van der Waals surface area contributed by atoms with Gasteiger partial charge in [-0.05, 0) is 33.2 Å². The van der Waals surface area contributed by atoms with Crippen molar-refractivity contribution in [2.24, 2.45) is 0 Å². The van der Waals surface area contributed by atoms with Gasteiger partial charge in [0, 0.05) is 32.1 Å². The Morgan fingerprint density at radius 2 is 2.18 bits per heavy atom. The van der Waals surface area contributed by atoms with Crippen molar-refractivity contribution in [3.63, 3.8) is 0 Å². The number of piperidine rings is 1. The molecule has 0 spiro atoms. The first-order valence-corrected chi connectivity index (χ1v) is 6.68. The second-order valence-corrected chi connectivity index (χ2v) is 5.17. The van der Waals surface area contributed by atoms with Crippen molar-refractivity contribution < 1.29 is 9.90 Å². The van der Waals surface area contributed by atoms with Crippen LogP contribution in [-0.4, -0.2) is 59.1 Å². The van der Waals surface area contributed by atoms with Gasteiger partial charge in [-0.25, -0.2) is 0 Å². The number of carbonyl (C=O) groups excluding carboxylic acids is 1. The van der Waals surface area contributed by atoms with Crippen LogP contribution in [0.2, 0.25) is 0 Å². The van der Waals surface area contributed by atoms with Gasteiger partial charge in [-0.3, -0.25) is 9.69 Å². The molecule has 0 unspecified atom stereocenters. The van der Waals surface area contributed by atoms with Crippen LogP contribution in [0.1, 0.15) is 40.0 Å². The van der Waals surface area contributed by atoms with Gasteiger partial charge in [0.1, 0.15) is 0 Å². The van der Waals surface area contributed by atoms with Gasteiger partial charge in [-0.2, -0.15) is 0 Å². The lowest BCUT2D eigenvalue weighted by atomic mass is 10.0. The molecule has 0 aliphatic carbocycles. The zero-order valence-corrected chi connectivity index (χ0v) is 11.4. The van der Waals surface area contributed by atoms with E-state index in [4.69, 9.17) is 5.11 Å². The van der Waals surface area contributed by atoms with E-state index in [1.807, 2.05) is 4.90 Å². The Kier molecular flexibility index (Phi) is 5.92. The van der Waals surface area contributed by atoms with Crippen molar-refractivity contribution >= 4 is 5.91 Å². The van der Waals surface area contributed by atoms with Crippen LogP contribution in [0.5, 0.6) is 0 Å². The Balaban J connectivity index is 2.58. The maximum Gasteiger partial charge on any atom is 0.219 e. The highest BCUT2D eigenvalue weighted by atomic mass is 16.3. The lowest BCUT2D eigenvalue weighted by molar-refractivity contribution is -0.131. The fraction of sp³-hybridized carbons (Fsp3) is 0.923. The van der Waals surface area contributed by atoms with Gasteiger partial charge in [0.25, 0.3) is 0 Å². The number of aliphatic hydroxyl groups is 1. The zero-order valence-electron chi connectivity index (χ0n) is 11.4. The number of likely N-dealkylation sites (tertiary alicyclic amines) is 1. The summed E-state index contributed by atoms with van der Waals surface area (Å²) in [5.74, 6) is 0.148. The van der Waals surface area contributed by atoms with Crippen LogP contribution in [0.4, 0.5) is 0 Å². The smallest absolute Gasteiger partial charge is 0.219 e. The molecular weight excluding hydrogens is 216 g/mol. The van der Waals surface area contributed by atoms with E-state index in [1.54, 1.807) is 6.92 Å². The second kappa shape index (κ2) is 6.97. The number of nitrogens with zero attached hydrogens (tertiary/aromatic N) is 2. The van der Waals surface area contributed by atoms with E-state index < -0.39 is 0 Å². The Bertz CT molecular complexity index is 242. The van der Waals surface area contributed by atoms with Crippen molar-refractivity contribution in [2.75, 3.05) is 26.2 Å². The molecule has 1 aliphatic rings. The van der Waals surface area contributed by atoms with Gasteiger partial charge in [0.15, 0.2) is 0 Å². The zero-order chi connectivity index (χ0) is 12.8. The lowest BCUT2D eigenvalue weighted by Crippen LogP contribution is -2.50. The second-order valence-electron chi connectivity index (χ2n) is 5.17. The van der Waals surface area contributed by atoms with Crippen molar-refractivity contribution in [1.82, 2.24) is 9.80 Å². The van der Waals surface area contributed by atoms with Crippen molar-refractivity contribution in [3.8, 4) is 0 Å². The molecule has 0 bridgehead atoms. The van der Waals surface area contributed by atoms with Crippen LogP contribution < -0.4 is 0 Å². The molecule has 100 valence electrons. The number of amides is 1. The third-order valence-electron chi connectivity index (χ3n) is 3.57. The number of aliphatic hydroxyl groups excluding tert-OH is 1. The molecule has 4 heteroatoms. The minimum absolute atomic E-state index is 0.148. The SMILES string of the molecule is CC(=O)N(C[C@H]1CCCCN1CCO)C(C)C. The summed E-state index contributed by atoms with van der Waals surface area (Å²) in [6.07, 6.45) is 3.57. The molecule has 1 N–H and O–H groups in total. The monoisotopic (exact) mass is 242 g/mol. The van der Waals surface area contributed by atoms with E-state index in [-0.39, 0.29) is 18.6 Å². The first-order valence-electron chi connectivity index (χ1n) is 6.68. The van der Waals surface area contributed by atoms with Gasteiger partial charge in [0.2, 0.25) is 5.91 Å². The summed E-state index contributed by atoms with van der Waals surface area (Å²) < 4.78 is 0. The molecule has 1 heterocycles. The van der Waals surface area contributed by atoms with E-state index in [2.05, 4.69) is 18.7 Å². The average Bonchev–Trinajstić information content (AvgIpc) is 2.27. The highest BCUT2D eigenvalue weighted by molar-refractivity contribution is 5.73. The molecule has 17 heavy (non-hydrogen) atoms. The number of β-amino-alcohol motifs (C(OH)–C–C–N with tert-alkyl or cyclic N) is 1. The summed E-state index contributed by atoms with van der Waals surface area (Å²) in [4.78, 5) is 15.8. The van der Waals surface area contributed by atoms with Gasteiger partial charge >= 0.3 is 0 Å². The molecule has 1 saturated heterocycles. The Morgan fingerprint density at radius 3 is 2.71 bits per heavy atom. The molecule has 0 aromatic carbocycles. The fourth-order valence-corrected chi connectivity index (χ4v) is 2.62. The largest absolute Gasteiger partial charge is 0.395 e. The molecule has 0 aromatic heterocycles. The number of carbonyl (C=O) groups is 1. The Labute approximate surface area is 105 Å². The number of rotatable bonds is 5. The molecule has 1 rings (SSSR count). The maximum atomic E-state index is 11.6. The predicted octanol–water partition coefficient (Wildman–Crippen LogP) is 1.09. The quantitative estimate of drug-likeness (QED) is 0.785. The summed E-state index contributed by atoms with van der Waals surface area (Å²) in [6, 6.07) is 0.674. The van der Waals surface area contributed by atoms with Crippen LogP contribution in [-0.2, 0) is 4.79 Å². The normalized spacial score (nSPS) is 21.8. The van der Waals surface area contributed by atoms with E-state index in [0.29, 0.717) is 6.04 Å². The standard InChI is InChI=1S/C13H26N2O2/c1-11(2)15(12(3)17)10-13-6-4-5-7-14(13)8-9-16/h11,13,16H,4-10H2,1-3H3/t13-/m1/s1. The molecule has 0 aromatic rings. The molecular formula is C13H26N2O2. The third kappa shape index (κ3) is 4.28. The Morgan fingerprint density at radius 1 is 1.47 bits per heavy atom. The van der Waals surface area contributed by atoms with Gasteiger partial charge in [-0.15, -0.1) is 0 Å². The first-order chi connectivity index (χ1) is 8.06. The average molecular weight is 242 g/mol. The third-order valence-corrected chi connectivity index (χ3v) is 3.57. The molecule has 1 fully saturated rings. The number of hydrogen-bond donors (Lipinski definition) is 1. The van der Waals surface area contributed by atoms with Crippen LogP contribution in [0.25, 0.3) is 0 Å². The summed E-state index contributed by atoms with van der Waals surface area (Å²) in [6.45, 7) is 8.54. The summed E-state index contributed by atoms with van der Waals surface area (Å²) in [5, 5.41) is 9.07. The highest BCUT2D eigenvalue weighted by Crippen LogP contribution is 2.18. The molecule has 0 saturated carbocycles. The van der Waals surface area contributed by atoms with Crippen LogP contribution in [0.15, 0.2) is 0 Å². The van der Waals surface area contributed by atoms with Crippen molar-refractivity contribution in [2.45, 2.75) is 52.1 Å². The molecule has 4 nitrogen and oxygen atoms in total. The van der Waals surface area contributed by atoms with Crippen LogP contribution in [0, 0.1) is 0 Å². The summed E-state index contributed by atoms with van der Waals surface area (Å²) in [7, 11) is 0. The van der Waals surface area contributed by atoms with Crippen molar-refractivity contribution in [3.05, 3.63) is 0 Å². The maximum absolute atomic E-state index is 11.6. The molecule has 1 aliphatic heterocycles. The molecule has 1 amide bonds. The highest BCUT2D eigenvalue weighted by Gasteiger charge is 2.25. The van der Waals surface area contributed by atoms with E-state index in [1.165, 1.54) is 12.8 Å². The van der Waals surface area contributed by atoms with E-state index in [9.17, 15) is 4.79 Å². The fourth-order valence-electron chi connectivity index (χ4n) is 2.62. The predicted molar refractivity (Wildman–Crippen MR) is 68.8 cm³/mol. The van der Waals surface area contributed by atoms with E-state index >= 15 is 0 Å². The van der Waals surface area contributed by atoms with E-state index in [0.717, 1.165) is 26.1 Å². The number of hydrogen-bond acceptors (Lipinski definition) is 3. The molecule has 1 atom stereocenters. The topological polar surface area (TPSA) is 43.8 Å². The minimum Gasteiger partial charge on any atom is -0.395 e. The molecule has 0 radical (unpaired) electrons. The lowest BCUT2D eigenvalue weighted by Gasteiger charge is -2.39. The van der Waals surface area contributed by atoms with Crippen LogP contribution in [0.3, 0.4) is 0 Å². The van der Waals surface area contributed by atoms with Gasteiger partial charge in [-0.1, -0.05) is 6.42 Å². The van der Waals surface area contributed by atoms with Gasteiger partial charge in [0.05, 0.1) is 6.61 Å². The van der Waals surface area contributed by atoms with Crippen LogP contribution >= 0.6 is 0 Å². The van der Waals surface area contributed by atoms with Gasteiger partial charge < -0.3 is 10.0 Å². The van der Waals surface area contributed by atoms with Crippen molar-refractivity contribution in [1.29, 1.82) is 0 Å². The minimum atomic E-state index is 0.148. The first kappa shape index (κ1) is 14.5. The Hall–Kier alpha value is -0.610.